The van der Waals surface area contributed by atoms with Gasteiger partial charge in [-0.2, -0.15) is 0 Å². The van der Waals surface area contributed by atoms with Crippen LogP contribution >= 0.6 is 12.4 Å². The third-order valence-corrected chi connectivity index (χ3v) is 2.43. The van der Waals surface area contributed by atoms with E-state index in [2.05, 4.69) is 19.2 Å². The summed E-state index contributed by atoms with van der Waals surface area (Å²) in [6.07, 6.45) is 1.30. The molecule has 0 saturated carbocycles. The molecule has 5 heteroatoms. The highest BCUT2D eigenvalue weighted by atomic mass is 35.5. The number of hydrogen-bond acceptors (Lipinski definition) is 3. The highest BCUT2D eigenvalue weighted by Gasteiger charge is 2.25. The molecule has 3 N–H and O–H groups in total. The molecule has 0 aromatic carbocycles. The first-order chi connectivity index (χ1) is 7.43. The summed E-state index contributed by atoms with van der Waals surface area (Å²) < 4.78 is 5.14. The van der Waals surface area contributed by atoms with Crippen molar-refractivity contribution < 1.29 is 9.53 Å². The number of rotatable bonds is 8. The molecule has 0 aromatic rings. The largest absolute Gasteiger partial charge is 0.381 e. The number of amides is 1. The van der Waals surface area contributed by atoms with E-state index in [1.54, 1.807) is 0 Å². The molecule has 0 aliphatic carbocycles. The fourth-order valence-corrected chi connectivity index (χ4v) is 1.79. The van der Waals surface area contributed by atoms with Crippen molar-refractivity contribution in [3.05, 3.63) is 0 Å². The Kier molecular flexibility index (Phi) is 10.8. The van der Waals surface area contributed by atoms with Gasteiger partial charge in [0, 0.05) is 25.1 Å². The molecule has 0 rings (SSSR count). The predicted octanol–water partition coefficient (Wildman–Crippen LogP) is 1.71. The normalized spacial score (nSPS) is 14.0. The van der Waals surface area contributed by atoms with Crippen LogP contribution < -0.4 is 11.1 Å². The molecule has 4 nitrogen and oxygen atoms in total. The zero-order chi connectivity index (χ0) is 12.6. The molecule has 0 saturated heterocycles. The third kappa shape index (κ3) is 9.39. The topological polar surface area (TPSA) is 64.3 Å². The Morgan fingerprint density at radius 1 is 1.47 bits per heavy atom. The summed E-state index contributed by atoms with van der Waals surface area (Å²) in [6, 6.07) is 0. The SMILES string of the molecule is CCOCCC(=O)NC(C)(CN)CC(C)C.Cl. The van der Waals surface area contributed by atoms with E-state index in [-0.39, 0.29) is 23.9 Å². The van der Waals surface area contributed by atoms with Gasteiger partial charge in [0.05, 0.1) is 6.61 Å². The molecular formula is C12H27ClN2O2. The number of nitrogens with one attached hydrogen (secondary N) is 1. The van der Waals surface area contributed by atoms with Crippen LogP contribution in [0.25, 0.3) is 0 Å². The van der Waals surface area contributed by atoms with E-state index >= 15 is 0 Å². The van der Waals surface area contributed by atoms with Crippen LogP contribution in [-0.4, -0.2) is 31.2 Å². The van der Waals surface area contributed by atoms with Crippen LogP contribution in [0.5, 0.6) is 0 Å². The van der Waals surface area contributed by atoms with Crippen molar-refractivity contribution >= 4 is 18.3 Å². The first-order valence-corrected chi connectivity index (χ1v) is 6.02. The maximum Gasteiger partial charge on any atom is 0.222 e. The molecule has 1 unspecified atom stereocenters. The van der Waals surface area contributed by atoms with Gasteiger partial charge in [0.1, 0.15) is 0 Å². The van der Waals surface area contributed by atoms with E-state index in [0.717, 1.165) is 6.42 Å². The molecule has 0 aliphatic rings. The molecule has 104 valence electrons. The number of nitrogens with two attached hydrogens (primary N) is 1. The standard InChI is InChI=1S/C12H26N2O2.ClH/c1-5-16-7-6-11(15)14-12(4,9-13)8-10(2)3;/h10H,5-9,13H2,1-4H3,(H,14,15);1H. The van der Waals surface area contributed by atoms with Gasteiger partial charge in [0.2, 0.25) is 5.91 Å². The van der Waals surface area contributed by atoms with Crippen LogP contribution in [0.2, 0.25) is 0 Å². The summed E-state index contributed by atoms with van der Waals surface area (Å²) in [7, 11) is 0. The number of halogens is 1. The minimum Gasteiger partial charge on any atom is -0.381 e. The van der Waals surface area contributed by atoms with Gasteiger partial charge in [-0.25, -0.2) is 0 Å². The summed E-state index contributed by atoms with van der Waals surface area (Å²) in [5.41, 5.74) is 5.42. The Bertz CT molecular complexity index is 213. The maximum atomic E-state index is 11.6. The fraction of sp³-hybridized carbons (Fsp3) is 0.917. The van der Waals surface area contributed by atoms with Crippen LogP contribution in [0.15, 0.2) is 0 Å². The maximum absolute atomic E-state index is 11.6. The Labute approximate surface area is 111 Å². The van der Waals surface area contributed by atoms with Crippen molar-refractivity contribution in [3.8, 4) is 0 Å². The molecule has 0 spiro atoms. The van der Waals surface area contributed by atoms with E-state index in [9.17, 15) is 4.79 Å². The van der Waals surface area contributed by atoms with E-state index in [1.165, 1.54) is 0 Å². The lowest BCUT2D eigenvalue weighted by Crippen LogP contribution is -2.52. The summed E-state index contributed by atoms with van der Waals surface area (Å²) in [6.45, 7) is 9.75. The van der Waals surface area contributed by atoms with Gasteiger partial charge in [-0.15, -0.1) is 12.4 Å². The molecule has 1 amide bonds. The molecule has 0 radical (unpaired) electrons. The lowest BCUT2D eigenvalue weighted by molar-refractivity contribution is -0.124. The van der Waals surface area contributed by atoms with Crippen molar-refractivity contribution in [2.24, 2.45) is 11.7 Å². The second-order valence-corrected chi connectivity index (χ2v) is 4.86. The third-order valence-electron chi connectivity index (χ3n) is 2.43. The first kappa shape index (κ1) is 19.0. The molecule has 17 heavy (non-hydrogen) atoms. The molecule has 0 bridgehead atoms. The van der Waals surface area contributed by atoms with Crippen LogP contribution in [-0.2, 0) is 9.53 Å². The highest BCUT2D eigenvalue weighted by molar-refractivity contribution is 5.85. The van der Waals surface area contributed by atoms with Gasteiger partial charge in [-0.1, -0.05) is 13.8 Å². The number of carbonyl (C=O) groups is 1. The van der Waals surface area contributed by atoms with Crippen molar-refractivity contribution in [1.82, 2.24) is 5.32 Å². The highest BCUT2D eigenvalue weighted by Crippen LogP contribution is 2.15. The minimum atomic E-state index is -0.294. The molecular weight excluding hydrogens is 240 g/mol. The Morgan fingerprint density at radius 2 is 2.06 bits per heavy atom. The van der Waals surface area contributed by atoms with E-state index in [1.807, 2.05) is 13.8 Å². The van der Waals surface area contributed by atoms with E-state index < -0.39 is 0 Å². The first-order valence-electron chi connectivity index (χ1n) is 6.02. The Morgan fingerprint density at radius 3 is 2.47 bits per heavy atom. The number of ether oxygens (including phenoxy) is 1. The van der Waals surface area contributed by atoms with Crippen molar-refractivity contribution in [1.29, 1.82) is 0 Å². The van der Waals surface area contributed by atoms with Crippen molar-refractivity contribution in [2.75, 3.05) is 19.8 Å². The minimum absolute atomic E-state index is 0. The molecule has 0 aliphatic heterocycles. The monoisotopic (exact) mass is 266 g/mol. The summed E-state index contributed by atoms with van der Waals surface area (Å²) >= 11 is 0. The van der Waals surface area contributed by atoms with E-state index in [0.29, 0.717) is 32.1 Å². The van der Waals surface area contributed by atoms with Gasteiger partial charge >= 0.3 is 0 Å². The van der Waals surface area contributed by atoms with Crippen LogP contribution in [0, 0.1) is 5.92 Å². The average molecular weight is 267 g/mol. The Balaban J connectivity index is 0. The fourth-order valence-electron chi connectivity index (χ4n) is 1.79. The smallest absolute Gasteiger partial charge is 0.222 e. The molecule has 0 heterocycles. The Hall–Kier alpha value is -0.320. The summed E-state index contributed by atoms with van der Waals surface area (Å²) in [5.74, 6) is 0.530. The summed E-state index contributed by atoms with van der Waals surface area (Å²) in [4.78, 5) is 11.6. The molecule has 0 fully saturated rings. The van der Waals surface area contributed by atoms with Crippen molar-refractivity contribution in [2.45, 2.75) is 46.1 Å². The lowest BCUT2D eigenvalue weighted by Gasteiger charge is -2.31. The van der Waals surface area contributed by atoms with Crippen LogP contribution in [0.3, 0.4) is 0 Å². The van der Waals surface area contributed by atoms with Crippen LogP contribution in [0.1, 0.15) is 40.5 Å². The number of hydrogen-bond donors (Lipinski definition) is 2. The predicted molar refractivity (Wildman–Crippen MR) is 73.4 cm³/mol. The molecule has 0 aromatic heterocycles. The van der Waals surface area contributed by atoms with Crippen LogP contribution in [0.4, 0.5) is 0 Å². The second-order valence-electron chi connectivity index (χ2n) is 4.86. The zero-order valence-corrected chi connectivity index (χ0v) is 12.2. The quantitative estimate of drug-likeness (QED) is 0.658. The van der Waals surface area contributed by atoms with Gasteiger partial charge in [0.15, 0.2) is 0 Å². The van der Waals surface area contributed by atoms with Crippen molar-refractivity contribution in [3.63, 3.8) is 0 Å². The lowest BCUT2D eigenvalue weighted by atomic mass is 9.90. The average Bonchev–Trinajstić information content (AvgIpc) is 2.16. The summed E-state index contributed by atoms with van der Waals surface area (Å²) in [5, 5.41) is 2.99. The van der Waals surface area contributed by atoms with Gasteiger partial charge in [-0.3, -0.25) is 4.79 Å². The van der Waals surface area contributed by atoms with Gasteiger partial charge in [-0.05, 0) is 26.2 Å². The number of carbonyl (C=O) groups excluding carboxylic acids is 1. The van der Waals surface area contributed by atoms with Gasteiger partial charge in [0.25, 0.3) is 0 Å². The zero-order valence-electron chi connectivity index (χ0n) is 11.4. The van der Waals surface area contributed by atoms with Gasteiger partial charge < -0.3 is 15.8 Å². The van der Waals surface area contributed by atoms with E-state index in [4.69, 9.17) is 10.5 Å². The second kappa shape index (κ2) is 9.68. The molecule has 1 atom stereocenters.